The van der Waals surface area contributed by atoms with Gasteiger partial charge in [0.15, 0.2) is 0 Å². The van der Waals surface area contributed by atoms with E-state index in [1.54, 1.807) is 0 Å². The Morgan fingerprint density at radius 1 is 1.11 bits per heavy atom. The summed E-state index contributed by atoms with van der Waals surface area (Å²) in [7, 11) is 4.25. The Hall–Kier alpha value is -0.820. The molecular weight excluding hydrogens is 218 g/mol. The van der Waals surface area contributed by atoms with E-state index in [0.29, 0.717) is 5.92 Å². The van der Waals surface area contributed by atoms with Gasteiger partial charge >= 0.3 is 0 Å². The monoisotopic (exact) mass is 247 g/mol. The molecule has 1 aromatic rings. The fraction of sp³-hybridized carbons (Fsp3) is 0.647. The van der Waals surface area contributed by atoms with Crippen molar-refractivity contribution < 1.29 is 0 Å². The second kappa shape index (κ2) is 5.44. The van der Waals surface area contributed by atoms with Crippen molar-refractivity contribution in [3.8, 4) is 0 Å². The van der Waals surface area contributed by atoms with E-state index >= 15 is 0 Å². The molecule has 0 N–H and O–H groups in total. The van der Waals surface area contributed by atoms with Gasteiger partial charge in [0.25, 0.3) is 0 Å². The van der Waals surface area contributed by atoms with Crippen LogP contribution in [0.4, 0.5) is 0 Å². The highest BCUT2D eigenvalue weighted by molar-refractivity contribution is 5.44. The molecule has 0 amide bonds. The molecule has 0 bridgehead atoms. The van der Waals surface area contributed by atoms with E-state index in [1.807, 2.05) is 0 Å². The zero-order valence-electron chi connectivity index (χ0n) is 13.4. The Kier molecular flexibility index (Phi) is 4.61. The molecular formula is C17H29N. The van der Waals surface area contributed by atoms with E-state index < -0.39 is 0 Å². The van der Waals surface area contributed by atoms with Crippen molar-refractivity contribution >= 4 is 0 Å². The van der Waals surface area contributed by atoms with Gasteiger partial charge in [-0.25, -0.2) is 0 Å². The lowest BCUT2D eigenvalue weighted by atomic mass is 9.78. The van der Waals surface area contributed by atoms with Crippen LogP contribution >= 0.6 is 0 Å². The average Bonchev–Trinajstić information content (AvgIpc) is 2.12. The SMILES string of the molecule is Cc1cc(CN(C)C)cc(C(C)(C)C)c1C(C)C. The van der Waals surface area contributed by atoms with E-state index in [4.69, 9.17) is 0 Å². The minimum absolute atomic E-state index is 0.215. The molecule has 1 heteroatoms. The van der Waals surface area contributed by atoms with Crippen LogP contribution in [0.15, 0.2) is 12.1 Å². The van der Waals surface area contributed by atoms with Gasteiger partial charge in [0.05, 0.1) is 0 Å². The summed E-state index contributed by atoms with van der Waals surface area (Å²) in [5.41, 5.74) is 6.12. The molecule has 0 fully saturated rings. The van der Waals surface area contributed by atoms with Crippen molar-refractivity contribution in [1.29, 1.82) is 0 Å². The van der Waals surface area contributed by atoms with Crippen LogP contribution in [0, 0.1) is 6.92 Å². The lowest BCUT2D eigenvalue weighted by Gasteiger charge is -2.28. The molecule has 1 aromatic carbocycles. The molecule has 0 aliphatic rings. The Morgan fingerprint density at radius 3 is 2.06 bits per heavy atom. The normalized spacial score (nSPS) is 12.6. The summed E-state index contributed by atoms with van der Waals surface area (Å²) in [6.07, 6.45) is 0. The van der Waals surface area contributed by atoms with Gasteiger partial charge in [-0.1, -0.05) is 46.8 Å². The molecule has 0 aromatic heterocycles. The average molecular weight is 247 g/mol. The van der Waals surface area contributed by atoms with Crippen molar-refractivity contribution in [3.05, 3.63) is 34.4 Å². The quantitative estimate of drug-likeness (QED) is 0.761. The van der Waals surface area contributed by atoms with Crippen LogP contribution in [0.1, 0.15) is 62.8 Å². The topological polar surface area (TPSA) is 3.24 Å². The fourth-order valence-corrected chi connectivity index (χ4v) is 2.72. The molecule has 102 valence electrons. The number of benzene rings is 1. The second-order valence-corrected chi connectivity index (χ2v) is 7.02. The molecule has 0 unspecified atom stereocenters. The summed E-state index contributed by atoms with van der Waals surface area (Å²) in [6.45, 7) is 14.8. The Bertz CT molecular complexity index is 408. The lowest BCUT2D eigenvalue weighted by molar-refractivity contribution is 0.401. The first-order valence-electron chi connectivity index (χ1n) is 6.91. The summed E-state index contributed by atoms with van der Waals surface area (Å²) in [4.78, 5) is 2.23. The molecule has 0 aliphatic heterocycles. The van der Waals surface area contributed by atoms with E-state index in [0.717, 1.165) is 6.54 Å². The smallest absolute Gasteiger partial charge is 0.0227 e. The van der Waals surface area contributed by atoms with Crippen LogP contribution in [0.3, 0.4) is 0 Å². The van der Waals surface area contributed by atoms with Crippen LogP contribution in [0.25, 0.3) is 0 Å². The minimum Gasteiger partial charge on any atom is -0.305 e. The third-order valence-corrected chi connectivity index (χ3v) is 3.33. The summed E-state index contributed by atoms with van der Waals surface area (Å²) in [5.74, 6) is 0.590. The number of nitrogens with zero attached hydrogens (tertiary/aromatic N) is 1. The van der Waals surface area contributed by atoms with Gasteiger partial charge in [0, 0.05) is 6.54 Å². The van der Waals surface area contributed by atoms with Crippen LogP contribution in [-0.4, -0.2) is 19.0 Å². The highest BCUT2D eigenvalue weighted by Gasteiger charge is 2.21. The van der Waals surface area contributed by atoms with Crippen molar-refractivity contribution in [2.75, 3.05) is 14.1 Å². The molecule has 1 rings (SSSR count). The van der Waals surface area contributed by atoms with Gasteiger partial charge in [-0.2, -0.15) is 0 Å². The Balaban J connectivity index is 3.38. The highest BCUT2D eigenvalue weighted by Crippen LogP contribution is 2.34. The summed E-state index contributed by atoms with van der Waals surface area (Å²) >= 11 is 0. The number of rotatable bonds is 3. The first-order chi connectivity index (χ1) is 8.12. The maximum Gasteiger partial charge on any atom is 0.0227 e. The molecule has 0 saturated heterocycles. The zero-order valence-corrected chi connectivity index (χ0v) is 13.4. The summed E-state index contributed by atoms with van der Waals surface area (Å²) < 4.78 is 0. The zero-order chi connectivity index (χ0) is 14.1. The van der Waals surface area contributed by atoms with Gasteiger partial charge in [0.1, 0.15) is 0 Å². The molecule has 0 heterocycles. The molecule has 1 nitrogen and oxygen atoms in total. The van der Waals surface area contributed by atoms with Gasteiger partial charge in [-0.15, -0.1) is 0 Å². The van der Waals surface area contributed by atoms with Crippen LogP contribution in [0.2, 0.25) is 0 Å². The summed E-state index contributed by atoms with van der Waals surface area (Å²) in [5, 5.41) is 0. The molecule has 0 radical (unpaired) electrons. The first-order valence-corrected chi connectivity index (χ1v) is 6.91. The maximum atomic E-state index is 2.41. The molecule has 0 spiro atoms. The van der Waals surface area contributed by atoms with E-state index in [-0.39, 0.29) is 5.41 Å². The van der Waals surface area contributed by atoms with E-state index in [1.165, 1.54) is 22.3 Å². The van der Waals surface area contributed by atoms with Crippen LogP contribution in [0.5, 0.6) is 0 Å². The van der Waals surface area contributed by atoms with Crippen molar-refractivity contribution in [2.45, 2.75) is 59.4 Å². The molecule has 0 aliphatic carbocycles. The largest absolute Gasteiger partial charge is 0.305 e. The van der Waals surface area contributed by atoms with Crippen LogP contribution < -0.4 is 0 Å². The van der Waals surface area contributed by atoms with Gasteiger partial charge in [-0.05, 0) is 54.6 Å². The van der Waals surface area contributed by atoms with Gasteiger partial charge in [0.2, 0.25) is 0 Å². The van der Waals surface area contributed by atoms with Crippen molar-refractivity contribution in [3.63, 3.8) is 0 Å². The van der Waals surface area contributed by atoms with Crippen molar-refractivity contribution in [2.24, 2.45) is 0 Å². The second-order valence-electron chi connectivity index (χ2n) is 7.02. The first kappa shape index (κ1) is 15.2. The molecule has 0 atom stereocenters. The number of hydrogen-bond acceptors (Lipinski definition) is 1. The third kappa shape index (κ3) is 3.58. The fourth-order valence-electron chi connectivity index (χ4n) is 2.72. The Labute approximate surface area is 113 Å². The van der Waals surface area contributed by atoms with Gasteiger partial charge in [-0.3, -0.25) is 0 Å². The van der Waals surface area contributed by atoms with Crippen molar-refractivity contribution in [1.82, 2.24) is 4.90 Å². The van der Waals surface area contributed by atoms with Crippen LogP contribution in [-0.2, 0) is 12.0 Å². The number of hydrogen-bond donors (Lipinski definition) is 0. The predicted octanol–water partition coefficient (Wildman–Crippen LogP) is 4.48. The Morgan fingerprint density at radius 2 is 1.67 bits per heavy atom. The lowest BCUT2D eigenvalue weighted by Crippen LogP contribution is -2.18. The van der Waals surface area contributed by atoms with E-state index in [2.05, 4.69) is 72.7 Å². The maximum absolute atomic E-state index is 2.41. The molecule has 0 saturated carbocycles. The highest BCUT2D eigenvalue weighted by atomic mass is 15.0. The molecule has 18 heavy (non-hydrogen) atoms. The minimum atomic E-state index is 0.215. The predicted molar refractivity (Wildman–Crippen MR) is 81.4 cm³/mol. The summed E-state index contributed by atoms with van der Waals surface area (Å²) in [6, 6.07) is 4.76. The number of aryl methyl sites for hydroxylation is 1. The third-order valence-electron chi connectivity index (χ3n) is 3.33. The van der Waals surface area contributed by atoms with E-state index in [9.17, 15) is 0 Å². The van der Waals surface area contributed by atoms with Gasteiger partial charge < -0.3 is 4.90 Å². The standard InChI is InChI=1S/C17H29N/c1-12(2)16-13(3)9-14(11-18(7)8)10-15(16)17(4,5)6/h9-10,12H,11H2,1-8H3.